The number of para-hydroxylation sites is 1. The molecular weight excluding hydrogens is 510 g/mol. The van der Waals surface area contributed by atoms with Crippen LogP contribution in [-0.4, -0.2) is 59.2 Å². The van der Waals surface area contributed by atoms with Crippen molar-refractivity contribution >= 4 is 39.6 Å². The molecule has 1 atom stereocenters. The molecule has 0 amide bonds. The van der Waals surface area contributed by atoms with E-state index in [-0.39, 0.29) is 11.6 Å². The summed E-state index contributed by atoms with van der Waals surface area (Å²) in [7, 11) is 2.17. The van der Waals surface area contributed by atoms with Crippen molar-refractivity contribution in [3.8, 4) is 0 Å². The van der Waals surface area contributed by atoms with Crippen molar-refractivity contribution in [2.45, 2.75) is 38.6 Å². The highest BCUT2D eigenvalue weighted by Gasteiger charge is 2.26. The van der Waals surface area contributed by atoms with Crippen molar-refractivity contribution in [3.05, 3.63) is 87.8 Å². The van der Waals surface area contributed by atoms with Gasteiger partial charge in [-0.05, 0) is 87.2 Å². The van der Waals surface area contributed by atoms with Crippen LogP contribution >= 0.6 is 0 Å². The van der Waals surface area contributed by atoms with Crippen LogP contribution in [0.1, 0.15) is 43.4 Å². The molecule has 0 saturated carbocycles. The third kappa shape index (κ3) is 4.97. The van der Waals surface area contributed by atoms with Gasteiger partial charge in [0.2, 0.25) is 5.95 Å². The van der Waals surface area contributed by atoms with E-state index in [1.54, 1.807) is 0 Å². The molecule has 8 heteroatoms. The van der Waals surface area contributed by atoms with E-state index in [1.807, 2.05) is 22.9 Å². The van der Waals surface area contributed by atoms with Crippen molar-refractivity contribution in [1.29, 1.82) is 0 Å². The van der Waals surface area contributed by atoms with Crippen LogP contribution in [0.5, 0.6) is 0 Å². The van der Waals surface area contributed by atoms with Gasteiger partial charge in [-0.15, -0.1) is 0 Å². The second kappa shape index (κ2) is 10.7. The first-order valence-corrected chi connectivity index (χ1v) is 14.8. The molecule has 3 aliphatic rings. The second-order valence-electron chi connectivity index (χ2n) is 11.7. The van der Waals surface area contributed by atoms with Crippen LogP contribution in [0.25, 0.3) is 16.6 Å². The molecule has 4 heterocycles. The van der Waals surface area contributed by atoms with Gasteiger partial charge >= 0.3 is 0 Å². The van der Waals surface area contributed by atoms with E-state index in [9.17, 15) is 4.79 Å². The molecule has 4 aromatic rings. The molecule has 2 aliphatic heterocycles. The van der Waals surface area contributed by atoms with Crippen molar-refractivity contribution < 1.29 is 0 Å². The lowest BCUT2D eigenvalue weighted by molar-refractivity contribution is 0.313. The van der Waals surface area contributed by atoms with Gasteiger partial charge in [0.1, 0.15) is 5.65 Å². The summed E-state index contributed by atoms with van der Waals surface area (Å²) in [4.78, 5) is 28.6. The molecule has 2 N–H and O–H groups in total. The van der Waals surface area contributed by atoms with Gasteiger partial charge in [0.25, 0.3) is 5.56 Å². The lowest BCUT2D eigenvalue weighted by Crippen LogP contribution is -2.44. The summed E-state index contributed by atoms with van der Waals surface area (Å²) in [6.07, 6.45) is 5.74. The molecule has 0 spiro atoms. The molecule has 41 heavy (non-hydrogen) atoms. The van der Waals surface area contributed by atoms with Crippen LogP contribution in [0, 0.1) is 0 Å². The summed E-state index contributed by atoms with van der Waals surface area (Å²) < 4.78 is 1.93. The second-order valence-corrected chi connectivity index (χ2v) is 11.7. The Morgan fingerprint density at radius 3 is 2.59 bits per heavy atom. The van der Waals surface area contributed by atoms with Crippen molar-refractivity contribution in [2.24, 2.45) is 0 Å². The third-order valence-corrected chi connectivity index (χ3v) is 8.95. The normalized spacial score (nSPS) is 19.4. The topological polar surface area (TPSA) is 78.3 Å². The SMILES string of the molecule is CC1=C(c2cc3cnc(Nc4ccc(N5CCN(C)CC5)cc4)nc3n(C3CNc4ccccc4C3)c2=O)CCC1. The molecule has 7 rings (SSSR count). The van der Waals surface area contributed by atoms with Gasteiger partial charge in [0, 0.05) is 66.9 Å². The summed E-state index contributed by atoms with van der Waals surface area (Å²) in [5, 5.41) is 7.83. The highest BCUT2D eigenvalue weighted by Crippen LogP contribution is 2.34. The third-order valence-electron chi connectivity index (χ3n) is 8.95. The summed E-state index contributed by atoms with van der Waals surface area (Å²) in [6.45, 7) is 7.06. The van der Waals surface area contributed by atoms with Gasteiger partial charge < -0.3 is 20.4 Å². The number of likely N-dealkylation sites (N-methyl/N-ethyl adjacent to an activating group) is 1. The van der Waals surface area contributed by atoms with E-state index in [0.717, 1.165) is 74.2 Å². The minimum absolute atomic E-state index is 0.0427. The Morgan fingerprint density at radius 2 is 1.80 bits per heavy atom. The molecule has 2 aromatic carbocycles. The zero-order valence-electron chi connectivity index (χ0n) is 23.9. The first kappa shape index (κ1) is 25.8. The van der Waals surface area contributed by atoms with E-state index in [2.05, 4.69) is 81.9 Å². The van der Waals surface area contributed by atoms with Gasteiger partial charge in [-0.2, -0.15) is 4.98 Å². The van der Waals surface area contributed by atoms with Crippen LogP contribution < -0.4 is 21.1 Å². The fourth-order valence-corrected chi connectivity index (χ4v) is 6.55. The van der Waals surface area contributed by atoms with Gasteiger partial charge in [-0.1, -0.05) is 23.8 Å². The number of hydrogen-bond donors (Lipinski definition) is 2. The Balaban J connectivity index is 1.25. The van der Waals surface area contributed by atoms with Gasteiger partial charge in [-0.25, -0.2) is 4.98 Å². The molecule has 1 unspecified atom stereocenters. The Labute approximate surface area is 240 Å². The molecule has 0 bridgehead atoms. The minimum atomic E-state index is -0.0484. The van der Waals surface area contributed by atoms with Gasteiger partial charge in [0.05, 0.1) is 6.04 Å². The summed E-state index contributed by atoms with van der Waals surface area (Å²) in [6, 6.07) is 18.8. The number of nitrogens with zero attached hydrogens (tertiary/aromatic N) is 5. The van der Waals surface area contributed by atoms with Crippen LogP contribution in [0.2, 0.25) is 0 Å². The van der Waals surface area contributed by atoms with Crippen molar-refractivity contribution in [3.63, 3.8) is 0 Å². The number of aromatic nitrogens is 3. The fourth-order valence-electron chi connectivity index (χ4n) is 6.55. The zero-order chi connectivity index (χ0) is 27.9. The largest absolute Gasteiger partial charge is 0.383 e. The van der Waals surface area contributed by atoms with E-state index in [0.29, 0.717) is 18.1 Å². The first-order valence-electron chi connectivity index (χ1n) is 14.8. The highest BCUT2D eigenvalue weighted by molar-refractivity contribution is 5.82. The smallest absolute Gasteiger partial charge is 0.260 e. The summed E-state index contributed by atoms with van der Waals surface area (Å²) in [5.74, 6) is 0.492. The number of anilines is 4. The highest BCUT2D eigenvalue weighted by atomic mass is 16.1. The Bertz CT molecular complexity index is 1680. The quantitative estimate of drug-likeness (QED) is 0.344. The molecule has 2 aromatic heterocycles. The van der Waals surface area contributed by atoms with E-state index >= 15 is 0 Å². The Hall–Kier alpha value is -4.17. The molecule has 1 fully saturated rings. The number of benzene rings is 2. The number of allylic oxidation sites excluding steroid dienone is 2. The maximum absolute atomic E-state index is 14.2. The number of nitrogens with one attached hydrogen (secondary N) is 2. The van der Waals surface area contributed by atoms with Crippen molar-refractivity contribution in [1.82, 2.24) is 19.4 Å². The lowest BCUT2D eigenvalue weighted by atomic mass is 9.98. The zero-order valence-corrected chi connectivity index (χ0v) is 23.9. The average Bonchev–Trinajstić information content (AvgIpc) is 3.43. The van der Waals surface area contributed by atoms with Gasteiger partial charge in [0.15, 0.2) is 0 Å². The number of pyridine rings is 1. The van der Waals surface area contributed by atoms with E-state index in [4.69, 9.17) is 4.98 Å². The van der Waals surface area contributed by atoms with Crippen LogP contribution in [-0.2, 0) is 6.42 Å². The van der Waals surface area contributed by atoms with E-state index in [1.165, 1.54) is 22.4 Å². The predicted molar refractivity (Wildman–Crippen MR) is 167 cm³/mol. The molecule has 210 valence electrons. The lowest BCUT2D eigenvalue weighted by Gasteiger charge is -2.34. The van der Waals surface area contributed by atoms with Crippen LogP contribution in [0.4, 0.5) is 23.0 Å². The van der Waals surface area contributed by atoms with Crippen molar-refractivity contribution in [2.75, 3.05) is 55.3 Å². The molecule has 1 aliphatic carbocycles. The summed E-state index contributed by atoms with van der Waals surface area (Å²) in [5.41, 5.74) is 8.54. The fraction of sp³-hybridized carbons (Fsp3) is 0.364. The maximum Gasteiger partial charge on any atom is 0.260 e. The van der Waals surface area contributed by atoms with Crippen LogP contribution in [0.15, 0.2) is 71.2 Å². The minimum Gasteiger partial charge on any atom is -0.383 e. The van der Waals surface area contributed by atoms with Gasteiger partial charge in [-0.3, -0.25) is 9.36 Å². The van der Waals surface area contributed by atoms with Crippen LogP contribution in [0.3, 0.4) is 0 Å². The standard InChI is InChI=1S/C33H37N7O/c1-22-6-5-8-28(22)29-19-24-20-35-33(36-25-10-12-26(13-11-25)39-16-14-38(2)15-17-39)37-31(24)40(32(29)41)27-18-23-7-3-4-9-30(23)34-21-27/h3-4,7,9-13,19-20,27,34H,5-6,8,14-18,21H2,1-2H3,(H,35,36,37). The maximum atomic E-state index is 14.2. The average molecular weight is 548 g/mol. The molecule has 8 nitrogen and oxygen atoms in total. The number of rotatable bonds is 5. The Kier molecular flexibility index (Phi) is 6.71. The number of piperazine rings is 1. The Morgan fingerprint density at radius 1 is 1.00 bits per heavy atom. The predicted octanol–water partition coefficient (Wildman–Crippen LogP) is 5.45. The molecule has 1 saturated heterocycles. The number of fused-ring (bicyclic) bond motifs is 2. The monoisotopic (exact) mass is 547 g/mol. The first-order chi connectivity index (χ1) is 20.0. The van der Waals surface area contributed by atoms with E-state index < -0.39 is 0 Å². The number of hydrogen-bond acceptors (Lipinski definition) is 7. The summed E-state index contributed by atoms with van der Waals surface area (Å²) >= 11 is 0. The molecule has 0 radical (unpaired) electrons. The molecular formula is C33H37N7O.